The number of nitrogens with two attached hydrogens (primary N) is 1. The lowest BCUT2D eigenvalue weighted by atomic mass is 10.2. The van der Waals surface area contributed by atoms with Gasteiger partial charge >= 0.3 is 0 Å². The van der Waals surface area contributed by atoms with Gasteiger partial charge in [0.05, 0.1) is 12.8 Å². The number of para-hydroxylation sites is 2. The van der Waals surface area contributed by atoms with Gasteiger partial charge in [-0.3, -0.25) is 4.79 Å². The summed E-state index contributed by atoms with van der Waals surface area (Å²) in [6, 6.07) is 7.98. The minimum absolute atomic E-state index is 0. The Kier molecular flexibility index (Phi) is 6.61. The van der Waals surface area contributed by atoms with E-state index in [1.54, 1.807) is 7.11 Å². The predicted octanol–water partition coefficient (Wildman–Crippen LogP) is 1.11. The highest BCUT2D eigenvalue weighted by molar-refractivity contribution is 5.85. The molecule has 0 saturated carbocycles. The standard InChI is InChI=1S/C14H21N3O2.ClH/c1-19-13-5-3-2-4-12(13)16-8-10-17(11-9-16)14(18)6-7-15;/h2-5H,6-11,15H2,1H3;1H. The third kappa shape index (κ3) is 3.77. The number of ether oxygens (including phenoxy) is 1. The van der Waals surface area contributed by atoms with Crippen LogP contribution in [0.1, 0.15) is 6.42 Å². The summed E-state index contributed by atoms with van der Waals surface area (Å²) >= 11 is 0. The van der Waals surface area contributed by atoms with Gasteiger partial charge in [-0.1, -0.05) is 12.1 Å². The van der Waals surface area contributed by atoms with Crippen molar-refractivity contribution in [1.82, 2.24) is 4.90 Å². The van der Waals surface area contributed by atoms with Gasteiger partial charge in [-0.25, -0.2) is 0 Å². The number of halogens is 1. The number of hydrogen-bond donors (Lipinski definition) is 1. The zero-order valence-corrected chi connectivity index (χ0v) is 12.6. The van der Waals surface area contributed by atoms with Crippen molar-refractivity contribution in [1.29, 1.82) is 0 Å². The second-order valence-electron chi connectivity index (χ2n) is 4.58. The molecule has 0 radical (unpaired) electrons. The van der Waals surface area contributed by atoms with E-state index < -0.39 is 0 Å². The van der Waals surface area contributed by atoms with Crippen LogP contribution in [0.3, 0.4) is 0 Å². The zero-order chi connectivity index (χ0) is 13.7. The maximum Gasteiger partial charge on any atom is 0.223 e. The highest BCUT2D eigenvalue weighted by Gasteiger charge is 2.22. The number of rotatable bonds is 4. The van der Waals surface area contributed by atoms with Gasteiger partial charge in [0.25, 0.3) is 0 Å². The van der Waals surface area contributed by atoms with E-state index in [-0.39, 0.29) is 18.3 Å². The lowest BCUT2D eigenvalue weighted by Crippen LogP contribution is -2.49. The second-order valence-corrected chi connectivity index (χ2v) is 4.58. The number of piperazine rings is 1. The largest absolute Gasteiger partial charge is 0.495 e. The molecule has 20 heavy (non-hydrogen) atoms. The molecular formula is C14H22ClN3O2. The van der Waals surface area contributed by atoms with E-state index >= 15 is 0 Å². The first-order valence-electron chi connectivity index (χ1n) is 6.62. The molecule has 1 aliphatic rings. The van der Waals surface area contributed by atoms with Gasteiger partial charge in [0, 0.05) is 39.1 Å². The van der Waals surface area contributed by atoms with Crippen molar-refractivity contribution in [2.75, 3.05) is 44.7 Å². The van der Waals surface area contributed by atoms with Crippen LogP contribution in [0.15, 0.2) is 24.3 Å². The van der Waals surface area contributed by atoms with E-state index in [9.17, 15) is 4.79 Å². The number of methoxy groups -OCH3 is 1. The van der Waals surface area contributed by atoms with Crippen LogP contribution in [0.5, 0.6) is 5.75 Å². The van der Waals surface area contributed by atoms with Gasteiger partial charge in [0.1, 0.15) is 5.75 Å². The lowest BCUT2D eigenvalue weighted by Gasteiger charge is -2.36. The molecule has 0 spiro atoms. The fourth-order valence-electron chi connectivity index (χ4n) is 2.37. The Morgan fingerprint density at radius 3 is 2.50 bits per heavy atom. The molecule has 1 amide bonds. The summed E-state index contributed by atoms with van der Waals surface area (Å²) in [6.07, 6.45) is 0.439. The van der Waals surface area contributed by atoms with Crippen molar-refractivity contribution in [3.63, 3.8) is 0 Å². The number of hydrogen-bond acceptors (Lipinski definition) is 4. The molecule has 0 atom stereocenters. The lowest BCUT2D eigenvalue weighted by molar-refractivity contribution is -0.131. The van der Waals surface area contributed by atoms with Gasteiger partial charge in [-0.05, 0) is 12.1 Å². The van der Waals surface area contributed by atoms with Crippen molar-refractivity contribution in [3.8, 4) is 5.75 Å². The summed E-state index contributed by atoms with van der Waals surface area (Å²) in [5, 5.41) is 0. The molecule has 1 saturated heterocycles. The van der Waals surface area contributed by atoms with E-state index in [0.29, 0.717) is 13.0 Å². The normalized spacial score (nSPS) is 14.7. The van der Waals surface area contributed by atoms with E-state index in [2.05, 4.69) is 11.0 Å². The van der Waals surface area contributed by atoms with Crippen LogP contribution in [0.4, 0.5) is 5.69 Å². The molecule has 1 heterocycles. The SMILES string of the molecule is COc1ccccc1N1CCN(C(=O)CCN)CC1.Cl. The summed E-state index contributed by atoms with van der Waals surface area (Å²) in [6.45, 7) is 3.58. The first-order valence-corrected chi connectivity index (χ1v) is 6.62. The molecule has 1 fully saturated rings. The average molecular weight is 300 g/mol. The van der Waals surface area contributed by atoms with Crippen molar-refractivity contribution in [2.45, 2.75) is 6.42 Å². The second kappa shape index (κ2) is 7.97. The summed E-state index contributed by atoms with van der Waals surface area (Å²) in [5.41, 5.74) is 6.51. The van der Waals surface area contributed by atoms with E-state index in [1.807, 2.05) is 23.1 Å². The quantitative estimate of drug-likeness (QED) is 0.905. The summed E-state index contributed by atoms with van der Waals surface area (Å²) in [7, 11) is 1.68. The zero-order valence-electron chi connectivity index (χ0n) is 11.7. The highest BCUT2D eigenvalue weighted by atomic mass is 35.5. The molecule has 5 nitrogen and oxygen atoms in total. The molecule has 1 aliphatic heterocycles. The Balaban J connectivity index is 0.00000200. The topological polar surface area (TPSA) is 58.8 Å². The Hall–Kier alpha value is -1.46. The minimum atomic E-state index is 0. The highest BCUT2D eigenvalue weighted by Crippen LogP contribution is 2.28. The molecule has 112 valence electrons. The van der Waals surface area contributed by atoms with E-state index in [4.69, 9.17) is 10.5 Å². The molecule has 0 bridgehead atoms. The number of carbonyl (C=O) groups excluding carboxylic acids is 1. The van der Waals surface area contributed by atoms with E-state index in [1.165, 1.54) is 0 Å². The molecule has 1 aromatic rings. The van der Waals surface area contributed by atoms with Crippen LogP contribution in [0.2, 0.25) is 0 Å². The maximum absolute atomic E-state index is 11.8. The third-order valence-electron chi connectivity index (χ3n) is 3.42. The molecule has 1 aromatic carbocycles. The molecule has 0 aliphatic carbocycles. The van der Waals surface area contributed by atoms with Crippen molar-refractivity contribution >= 4 is 24.0 Å². The maximum atomic E-state index is 11.8. The van der Waals surface area contributed by atoms with Crippen LogP contribution < -0.4 is 15.4 Å². The van der Waals surface area contributed by atoms with Gasteiger partial charge < -0.3 is 20.3 Å². The van der Waals surface area contributed by atoms with Crippen LogP contribution in [0.25, 0.3) is 0 Å². The first kappa shape index (κ1) is 16.6. The number of amides is 1. The van der Waals surface area contributed by atoms with Gasteiger partial charge in [0.2, 0.25) is 5.91 Å². The summed E-state index contributed by atoms with van der Waals surface area (Å²) < 4.78 is 5.37. The molecule has 2 N–H and O–H groups in total. The molecule has 6 heteroatoms. The Labute approximate surface area is 126 Å². The van der Waals surface area contributed by atoms with Crippen LogP contribution in [-0.2, 0) is 4.79 Å². The number of benzene rings is 1. The number of nitrogens with zero attached hydrogens (tertiary/aromatic N) is 2. The molecule has 0 aromatic heterocycles. The van der Waals surface area contributed by atoms with Crippen LogP contribution in [-0.4, -0.2) is 50.6 Å². The molecule has 2 rings (SSSR count). The summed E-state index contributed by atoms with van der Waals surface area (Å²) in [4.78, 5) is 15.9. The smallest absolute Gasteiger partial charge is 0.223 e. The van der Waals surface area contributed by atoms with Crippen molar-refractivity contribution in [3.05, 3.63) is 24.3 Å². The van der Waals surface area contributed by atoms with E-state index in [0.717, 1.165) is 37.6 Å². The Bertz CT molecular complexity index is 434. The first-order chi connectivity index (χ1) is 9.26. The van der Waals surface area contributed by atoms with Gasteiger partial charge in [0.15, 0.2) is 0 Å². The Morgan fingerprint density at radius 2 is 1.90 bits per heavy atom. The van der Waals surface area contributed by atoms with Crippen molar-refractivity contribution < 1.29 is 9.53 Å². The average Bonchev–Trinajstić information content (AvgIpc) is 2.47. The fourth-order valence-corrected chi connectivity index (χ4v) is 2.37. The third-order valence-corrected chi connectivity index (χ3v) is 3.42. The number of anilines is 1. The number of carbonyl (C=O) groups is 1. The molecule has 0 unspecified atom stereocenters. The monoisotopic (exact) mass is 299 g/mol. The van der Waals surface area contributed by atoms with Gasteiger partial charge in [-0.2, -0.15) is 0 Å². The van der Waals surface area contributed by atoms with Crippen molar-refractivity contribution in [2.24, 2.45) is 5.73 Å². The van der Waals surface area contributed by atoms with Crippen LogP contribution in [0, 0.1) is 0 Å². The predicted molar refractivity (Wildman–Crippen MR) is 82.7 cm³/mol. The summed E-state index contributed by atoms with van der Waals surface area (Å²) in [5.74, 6) is 1.03. The fraction of sp³-hybridized carbons (Fsp3) is 0.500. The minimum Gasteiger partial charge on any atom is -0.495 e. The van der Waals surface area contributed by atoms with Crippen LogP contribution >= 0.6 is 12.4 Å². The Morgan fingerprint density at radius 1 is 1.25 bits per heavy atom. The van der Waals surface area contributed by atoms with Gasteiger partial charge in [-0.15, -0.1) is 12.4 Å². The molecular weight excluding hydrogens is 278 g/mol.